The number of alkyl halides is 3. The van der Waals surface area contributed by atoms with Gasteiger partial charge in [0.15, 0.2) is 5.78 Å². The highest BCUT2D eigenvalue weighted by atomic mass is 35.5. The summed E-state index contributed by atoms with van der Waals surface area (Å²) in [6.45, 7) is 0. The fraction of sp³-hybridized carbons (Fsp3) is 0.222. The third-order valence-corrected chi connectivity index (χ3v) is 4.40. The fourth-order valence-corrected chi connectivity index (χ4v) is 3.33. The highest BCUT2D eigenvalue weighted by Crippen LogP contribution is 2.41. The van der Waals surface area contributed by atoms with E-state index in [1.54, 1.807) is 24.3 Å². The van der Waals surface area contributed by atoms with Gasteiger partial charge in [0.1, 0.15) is 0 Å². The van der Waals surface area contributed by atoms with E-state index in [2.05, 4.69) is 0 Å². The summed E-state index contributed by atoms with van der Waals surface area (Å²) in [5.41, 5.74) is 0.106. The predicted molar refractivity (Wildman–Crippen MR) is 85.7 cm³/mol. The van der Waals surface area contributed by atoms with Crippen LogP contribution in [0.2, 0.25) is 5.02 Å². The lowest BCUT2D eigenvalue weighted by Crippen LogP contribution is -2.16. The summed E-state index contributed by atoms with van der Waals surface area (Å²) >= 11 is 5.80. The lowest BCUT2D eigenvalue weighted by Gasteiger charge is -2.14. The Labute approximate surface area is 141 Å². The Hall–Kier alpha value is -2.14. The van der Waals surface area contributed by atoms with E-state index >= 15 is 0 Å². The van der Waals surface area contributed by atoms with Gasteiger partial charge in [0.2, 0.25) is 0 Å². The number of ketones is 1. The van der Waals surface area contributed by atoms with Crippen molar-refractivity contribution in [2.24, 2.45) is 0 Å². The van der Waals surface area contributed by atoms with Crippen molar-refractivity contribution in [2.45, 2.75) is 24.4 Å². The molecule has 0 bridgehead atoms. The molecular weight excluding hydrogens is 339 g/mol. The van der Waals surface area contributed by atoms with Crippen molar-refractivity contribution in [3.05, 3.63) is 70.2 Å². The van der Waals surface area contributed by atoms with Crippen LogP contribution in [0.4, 0.5) is 13.2 Å². The van der Waals surface area contributed by atoms with Crippen LogP contribution in [0.25, 0.3) is 0 Å². The van der Waals surface area contributed by atoms with E-state index in [0.29, 0.717) is 0 Å². The van der Waals surface area contributed by atoms with Crippen molar-refractivity contribution < 1.29 is 18.0 Å². The average molecular weight is 352 g/mol. The Morgan fingerprint density at radius 1 is 1.04 bits per heavy atom. The Kier molecular flexibility index (Phi) is 4.22. The number of Topliss-reactive ketones (excluding diaryl/α,β-unsaturated/α-hetero) is 1. The normalized spacial score (nSPS) is 21.3. The SMILES string of the molecule is N=C1CC(c2ccccc2)C(=O)C1c1cc(Cl)cc(C(F)(F)F)c1. The first-order chi connectivity index (χ1) is 11.3. The van der Waals surface area contributed by atoms with E-state index in [-0.39, 0.29) is 28.5 Å². The van der Waals surface area contributed by atoms with Crippen molar-refractivity contribution in [1.82, 2.24) is 0 Å². The molecule has 2 nitrogen and oxygen atoms in total. The second kappa shape index (κ2) is 6.06. The van der Waals surface area contributed by atoms with Crippen molar-refractivity contribution in [1.29, 1.82) is 5.41 Å². The van der Waals surface area contributed by atoms with Gasteiger partial charge in [-0.15, -0.1) is 0 Å². The summed E-state index contributed by atoms with van der Waals surface area (Å²) in [5.74, 6) is -1.74. The quantitative estimate of drug-likeness (QED) is 0.791. The molecule has 1 fully saturated rings. The van der Waals surface area contributed by atoms with Gasteiger partial charge >= 0.3 is 6.18 Å². The predicted octanol–water partition coefficient (Wildman–Crippen LogP) is 5.22. The number of carbonyl (C=O) groups is 1. The minimum atomic E-state index is -4.55. The maximum Gasteiger partial charge on any atom is 0.416 e. The van der Waals surface area contributed by atoms with Crippen molar-refractivity contribution in [3.63, 3.8) is 0 Å². The second-order valence-corrected chi connectivity index (χ2v) is 6.24. The van der Waals surface area contributed by atoms with E-state index in [1.165, 1.54) is 6.07 Å². The molecule has 1 aliphatic rings. The number of carbonyl (C=O) groups excluding carboxylic acids is 1. The largest absolute Gasteiger partial charge is 0.416 e. The molecule has 0 radical (unpaired) electrons. The Morgan fingerprint density at radius 3 is 2.33 bits per heavy atom. The van der Waals surface area contributed by atoms with Crippen molar-refractivity contribution >= 4 is 23.1 Å². The summed E-state index contributed by atoms with van der Waals surface area (Å²) in [6, 6.07) is 12.1. The number of hydrogen-bond acceptors (Lipinski definition) is 2. The zero-order valence-corrected chi connectivity index (χ0v) is 13.2. The molecule has 0 heterocycles. The lowest BCUT2D eigenvalue weighted by atomic mass is 9.90. The summed E-state index contributed by atoms with van der Waals surface area (Å²) in [6.07, 6.45) is -4.34. The average Bonchev–Trinajstić information content (AvgIpc) is 2.81. The first-order valence-corrected chi connectivity index (χ1v) is 7.69. The zero-order chi connectivity index (χ0) is 17.5. The maximum absolute atomic E-state index is 13.0. The van der Waals surface area contributed by atoms with Crippen LogP contribution < -0.4 is 0 Å². The number of rotatable bonds is 2. The van der Waals surface area contributed by atoms with Gasteiger partial charge in [-0.3, -0.25) is 4.79 Å². The molecule has 24 heavy (non-hydrogen) atoms. The van der Waals surface area contributed by atoms with E-state index < -0.39 is 23.6 Å². The highest BCUT2D eigenvalue weighted by Gasteiger charge is 2.41. The summed E-state index contributed by atoms with van der Waals surface area (Å²) in [7, 11) is 0. The monoisotopic (exact) mass is 351 g/mol. The van der Waals surface area contributed by atoms with E-state index in [0.717, 1.165) is 17.7 Å². The number of halogens is 4. The molecule has 1 saturated carbocycles. The molecule has 0 aliphatic heterocycles. The molecule has 1 aliphatic carbocycles. The molecule has 2 aromatic rings. The lowest BCUT2D eigenvalue weighted by molar-refractivity contribution is -0.137. The van der Waals surface area contributed by atoms with Gasteiger partial charge in [-0.05, 0) is 35.7 Å². The van der Waals surface area contributed by atoms with Crippen molar-refractivity contribution in [2.75, 3.05) is 0 Å². The molecule has 3 rings (SSSR count). The minimum Gasteiger partial charge on any atom is -0.309 e. The molecule has 2 unspecified atom stereocenters. The van der Waals surface area contributed by atoms with Gasteiger partial charge in [0.05, 0.1) is 11.5 Å². The molecule has 2 atom stereocenters. The van der Waals surface area contributed by atoms with Gasteiger partial charge in [-0.2, -0.15) is 13.2 Å². The Balaban J connectivity index is 2.00. The van der Waals surface area contributed by atoms with Crippen LogP contribution >= 0.6 is 11.6 Å². The Morgan fingerprint density at radius 2 is 1.71 bits per heavy atom. The van der Waals surface area contributed by atoms with Crippen LogP contribution in [0.15, 0.2) is 48.5 Å². The second-order valence-electron chi connectivity index (χ2n) is 5.80. The standard InChI is InChI=1S/C18H13ClF3NO/c19-13-7-11(6-12(8-13)18(20,21)22)16-15(23)9-14(17(16)24)10-4-2-1-3-5-10/h1-8,14,16,23H,9H2. The molecule has 0 saturated heterocycles. The smallest absolute Gasteiger partial charge is 0.309 e. The van der Waals surface area contributed by atoms with Crippen LogP contribution in [-0.4, -0.2) is 11.5 Å². The third-order valence-electron chi connectivity index (χ3n) is 4.18. The first-order valence-electron chi connectivity index (χ1n) is 7.31. The topological polar surface area (TPSA) is 40.9 Å². The van der Waals surface area contributed by atoms with Gasteiger partial charge in [0.25, 0.3) is 0 Å². The van der Waals surface area contributed by atoms with Crippen LogP contribution in [0.1, 0.15) is 34.9 Å². The maximum atomic E-state index is 13.0. The van der Waals surface area contributed by atoms with Gasteiger partial charge in [0, 0.05) is 16.7 Å². The number of hydrogen-bond donors (Lipinski definition) is 1. The zero-order valence-electron chi connectivity index (χ0n) is 12.4. The van der Waals surface area contributed by atoms with Gasteiger partial charge in [-0.1, -0.05) is 41.9 Å². The van der Waals surface area contributed by atoms with E-state index in [1.807, 2.05) is 6.07 Å². The third kappa shape index (κ3) is 3.08. The molecular formula is C18H13ClF3NO. The van der Waals surface area contributed by atoms with Crippen LogP contribution in [0.5, 0.6) is 0 Å². The summed E-state index contributed by atoms with van der Waals surface area (Å²) < 4.78 is 38.9. The van der Waals surface area contributed by atoms with Gasteiger partial charge in [-0.25, -0.2) is 0 Å². The molecule has 6 heteroatoms. The molecule has 2 aromatic carbocycles. The van der Waals surface area contributed by atoms with Crippen LogP contribution in [0.3, 0.4) is 0 Å². The summed E-state index contributed by atoms with van der Waals surface area (Å²) in [4.78, 5) is 12.7. The number of benzene rings is 2. The molecule has 0 aromatic heterocycles. The fourth-order valence-electron chi connectivity index (χ4n) is 3.09. The van der Waals surface area contributed by atoms with Crippen molar-refractivity contribution in [3.8, 4) is 0 Å². The molecule has 0 amide bonds. The van der Waals surface area contributed by atoms with Gasteiger partial charge < -0.3 is 5.41 Å². The van der Waals surface area contributed by atoms with E-state index in [9.17, 15) is 18.0 Å². The first kappa shape index (κ1) is 16.7. The molecule has 1 N–H and O–H groups in total. The number of nitrogens with one attached hydrogen (secondary N) is 1. The summed E-state index contributed by atoms with van der Waals surface area (Å²) in [5, 5.41) is 8.01. The van der Waals surface area contributed by atoms with Crippen LogP contribution in [0, 0.1) is 5.41 Å². The van der Waals surface area contributed by atoms with Crippen LogP contribution in [-0.2, 0) is 11.0 Å². The minimum absolute atomic E-state index is 0.0939. The van der Waals surface area contributed by atoms with E-state index in [4.69, 9.17) is 17.0 Å². The molecule has 0 spiro atoms. The molecule has 124 valence electrons. The Bertz CT molecular complexity index is 802. The highest BCUT2D eigenvalue weighted by molar-refractivity contribution is 6.31.